The lowest BCUT2D eigenvalue weighted by Crippen LogP contribution is -2.08. The minimum Gasteiger partial charge on any atom is -0.478 e. The highest BCUT2D eigenvalue weighted by Gasteiger charge is 2.13. The summed E-state index contributed by atoms with van der Waals surface area (Å²) in [6.07, 6.45) is 3.56. The van der Waals surface area contributed by atoms with E-state index in [1.54, 1.807) is 13.0 Å². The number of ether oxygens (including phenoxy) is 1. The van der Waals surface area contributed by atoms with Crippen LogP contribution in [0.2, 0.25) is 0 Å². The summed E-state index contributed by atoms with van der Waals surface area (Å²) in [7, 11) is 0. The molecule has 0 atom stereocenters. The van der Waals surface area contributed by atoms with Crippen molar-refractivity contribution in [2.24, 2.45) is 0 Å². The normalized spacial score (nSPS) is 10.5. The largest absolute Gasteiger partial charge is 0.478 e. The first kappa shape index (κ1) is 16.4. The molecule has 0 amide bonds. The van der Waals surface area contributed by atoms with E-state index in [1.807, 2.05) is 0 Å². The highest BCUT2D eigenvalue weighted by atomic mass is 16.5. The molecule has 6 nitrogen and oxygen atoms in total. The van der Waals surface area contributed by atoms with Crippen molar-refractivity contribution in [3.05, 3.63) is 47.0 Å². The van der Waals surface area contributed by atoms with Crippen LogP contribution in [0.25, 0.3) is 0 Å². The Balaban J connectivity index is 2.72. The zero-order valence-corrected chi connectivity index (χ0v) is 11.5. The van der Waals surface area contributed by atoms with Crippen molar-refractivity contribution < 1.29 is 29.3 Å². The van der Waals surface area contributed by atoms with Crippen LogP contribution in [0, 0.1) is 0 Å². The molecule has 0 unspecified atom stereocenters. The van der Waals surface area contributed by atoms with Crippen molar-refractivity contribution >= 4 is 17.9 Å². The molecule has 0 aliphatic rings. The number of allylic oxidation sites excluding steroid dienone is 1. The number of aromatic carboxylic acids is 2. The van der Waals surface area contributed by atoms with Gasteiger partial charge < -0.3 is 14.9 Å². The molecule has 0 aliphatic heterocycles. The molecule has 0 saturated heterocycles. The van der Waals surface area contributed by atoms with Gasteiger partial charge in [-0.05, 0) is 43.5 Å². The molecule has 0 aromatic heterocycles. The molecule has 0 fully saturated rings. The predicted octanol–water partition coefficient (Wildman–Crippen LogP) is 2.13. The highest BCUT2D eigenvalue weighted by molar-refractivity contribution is 5.93. The van der Waals surface area contributed by atoms with E-state index in [1.165, 1.54) is 24.3 Å². The minimum absolute atomic E-state index is 0.0286. The van der Waals surface area contributed by atoms with Crippen molar-refractivity contribution in [1.29, 1.82) is 0 Å². The smallest absolute Gasteiger partial charge is 0.335 e. The fourth-order valence-corrected chi connectivity index (χ4v) is 1.76. The Morgan fingerprint density at radius 2 is 1.90 bits per heavy atom. The standard InChI is InChI=1S/C15H16O6/c1-2-4-13(16)21-8-3-5-10-9-11(14(17)18)6-7-12(10)15(19)20/h2,4,6-7,9H,3,5,8H2,1H3,(H,17,18)(H,19,20). The molecule has 0 saturated carbocycles. The SMILES string of the molecule is CC=CC(=O)OCCCc1cc(C(=O)O)ccc1C(=O)O. The molecular formula is C15H16O6. The van der Waals surface area contributed by atoms with Crippen LogP contribution in [0.4, 0.5) is 0 Å². The van der Waals surface area contributed by atoms with Gasteiger partial charge in [0.1, 0.15) is 0 Å². The summed E-state index contributed by atoms with van der Waals surface area (Å²) in [6.45, 7) is 1.83. The molecule has 0 radical (unpaired) electrons. The maximum absolute atomic E-state index is 11.1. The molecule has 1 aromatic rings. The van der Waals surface area contributed by atoms with Crippen LogP contribution in [0.1, 0.15) is 39.6 Å². The molecule has 112 valence electrons. The molecular weight excluding hydrogens is 276 g/mol. The second-order valence-electron chi connectivity index (χ2n) is 4.25. The van der Waals surface area contributed by atoms with E-state index < -0.39 is 17.9 Å². The molecule has 21 heavy (non-hydrogen) atoms. The summed E-state index contributed by atoms with van der Waals surface area (Å²) in [4.78, 5) is 33.1. The van der Waals surface area contributed by atoms with Gasteiger partial charge in [-0.3, -0.25) is 0 Å². The maximum Gasteiger partial charge on any atom is 0.335 e. The summed E-state index contributed by atoms with van der Waals surface area (Å²) in [5.74, 6) is -2.70. The Kier molecular flexibility index (Phi) is 6.13. The van der Waals surface area contributed by atoms with Gasteiger partial charge >= 0.3 is 17.9 Å². The van der Waals surface area contributed by atoms with E-state index >= 15 is 0 Å². The number of rotatable bonds is 7. The Bertz CT molecular complexity index is 574. The monoisotopic (exact) mass is 292 g/mol. The quantitative estimate of drug-likeness (QED) is 0.453. The van der Waals surface area contributed by atoms with Gasteiger partial charge in [0.15, 0.2) is 0 Å². The molecule has 0 bridgehead atoms. The summed E-state index contributed by atoms with van der Waals surface area (Å²) in [6, 6.07) is 3.86. The number of carboxylic acids is 2. The third kappa shape index (κ3) is 5.10. The van der Waals surface area contributed by atoms with Crippen LogP contribution < -0.4 is 0 Å². The molecule has 2 N–H and O–H groups in total. The van der Waals surface area contributed by atoms with Gasteiger partial charge in [0.25, 0.3) is 0 Å². The molecule has 0 heterocycles. The van der Waals surface area contributed by atoms with Crippen LogP contribution in [0.15, 0.2) is 30.4 Å². The van der Waals surface area contributed by atoms with Crippen LogP contribution in [-0.4, -0.2) is 34.7 Å². The number of hydrogen-bond donors (Lipinski definition) is 2. The first-order valence-electron chi connectivity index (χ1n) is 6.34. The van der Waals surface area contributed by atoms with Crippen molar-refractivity contribution in [2.45, 2.75) is 19.8 Å². The van der Waals surface area contributed by atoms with Gasteiger partial charge in [-0.15, -0.1) is 0 Å². The van der Waals surface area contributed by atoms with Gasteiger partial charge in [-0.1, -0.05) is 6.08 Å². The topological polar surface area (TPSA) is 101 Å². The number of hydrogen-bond acceptors (Lipinski definition) is 4. The van der Waals surface area contributed by atoms with Crippen molar-refractivity contribution in [1.82, 2.24) is 0 Å². The molecule has 0 spiro atoms. The van der Waals surface area contributed by atoms with E-state index in [2.05, 4.69) is 0 Å². The third-order valence-corrected chi connectivity index (χ3v) is 2.72. The minimum atomic E-state index is -1.12. The van der Waals surface area contributed by atoms with Crippen LogP contribution >= 0.6 is 0 Å². The van der Waals surface area contributed by atoms with Gasteiger partial charge in [0, 0.05) is 6.08 Å². The molecule has 6 heteroatoms. The Labute approximate surface area is 121 Å². The van der Waals surface area contributed by atoms with E-state index in [4.69, 9.17) is 14.9 Å². The lowest BCUT2D eigenvalue weighted by Gasteiger charge is -2.07. The van der Waals surface area contributed by atoms with Gasteiger partial charge in [-0.2, -0.15) is 0 Å². The Morgan fingerprint density at radius 3 is 2.48 bits per heavy atom. The first-order chi connectivity index (χ1) is 9.95. The maximum atomic E-state index is 11.1. The number of benzene rings is 1. The average molecular weight is 292 g/mol. The van der Waals surface area contributed by atoms with Gasteiger partial charge in [0.2, 0.25) is 0 Å². The van der Waals surface area contributed by atoms with Crippen molar-refractivity contribution in [2.75, 3.05) is 6.61 Å². The summed E-state index contributed by atoms with van der Waals surface area (Å²) >= 11 is 0. The van der Waals surface area contributed by atoms with E-state index in [9.17, 15) is 14.4 Å². The van der Waals surface area contributed by atoms with Crippen LogP contribution in [0.3, 0.4) is 0 Å². The summed E-state index contributed by atoms with van der Waals surface area (Å²) in [5.41, 5.74) is 0.491. The average Bonchev–Trinajstić information content (AvgIpc) is 2.43. The second kappa shape index (κ2) is 7.84. The van der Waals surface area contributed by atoms with Crippen LogP contribution in [0.5, 0.6) is 0 Å². The number of aryl methyl sites for hydroxylation is 1. The lowest BCUT2D eigenvalue weighted by molar-refractivity contribution is -0.137. The number of carbonyl (C=O) groups is 3. The van der Waals surface area contributed by atoms with Gasteiger partial charge in [-0.25, -0.2) is 14.4 Å². The predicted molar refractivity (Wildman–Crippen MR) is 74.5 cm³/mol. The molecule has 1 aromatic carbocycles. The molecule has 1 rings (SSSR count). The number of carbonyl (C=O) groups excluding carboxylic acids is 1. The zero-order chi connectivity index (χ0) is 15.8. The van der Waals surface area contributed by atoms with E-state index in [0.717, 1.165) is 0 Å². The van der Waals surface area contributed by atoms with Crippen molar-refractivity contribution in [3.63, 3.8) is 0 Å². The summed E-state index contributed by atoms with van der Waals surface area (Å²) < 4.78 is 4.89. The highest BCUT2D eigenvalue weighted by Crippen LogP contribution is 2.15. The lowest BCUT2D eigenvalue weighted by atomic mass is 10.00. The van der Waals surface area contributed by atoms with Crippen LogP contribution in [-0.2, 0) is 16.0 Å². The summed E-state index contributed by atoms with van der Waals surface area (Å²) in [5, 5.41) is 18.0. The van der Waals surface area contributed by atoms with Gasteiger partial charge in [0.05, 0.1) is 17.7 Å². The number of esters is 1. The zero-order valence-electron chi connectivity index (χ0n) is 11.5. The Morgan fingerprint density at radius 1 is 1.19 bits per heavy atom. The first-order valence-corrected chi connectivity index (χ1v) is 6.34. The second-order valence-corrected chi connectivity index (χ2v) is 4.25. The fourth-order valence-electron chi connectivity index (χ4n) is 1.76. The fraction of sp³-hybridized carbons (Fsp3) is 0.267. The number of carboxylic acid groups (broad SMARTS) is 2. The Hall–Kier alpha value is -2.63. The van der Waals surface area contributed by atoms with E-state index in [-0.39, 0.29) is 17.7 Å². The third-order valence-electron chi connectivity index (χ3n) is 2.72. The van der Waals surface area contributed by atoms with Crippen molar-refractivity contribution in [3.8, 4) is 0 Å². The molecule has 0 aliphatic carbocycles. The van der Waals surface area contributed by atoms with E-state index in [0.29, 0.717) is 18.4 Å².